The Labute approximate surface area is 151 Å². The summed E-state index contributed by atoms with van der Waals surface area (Å²) in [5.74, 6) is -1.53. The van der Waals surface area contributed by atoms with Crippen molar-refractivity contribution >= 4 is 29.6 Å². The molecule has 0 spiro atoms. The van der Waals surface area contributed by atoms with Crippen molar-refractivity contribution < 1.29 is 28.8 Å². The molecule has 8 heteroatoms. The predicted molar refractivity (Wildman–Crippen MR) is 87.8 cm³/mol. The number of hydrogen-bond donors (Lipinski definition) is 0. The zero-order valence-electron chi connectivity index (χ0n) is 14.5. The highest BCUT2D eigenvalue weighted by Crippen LogP contribution is 2.32. The minimum Gasteiger partial charge on any atom is -0.330 e. The molecule has 0 atom stereocenters. The van der Waals surface area contributed by atoms with Gasteiger partial charge in [-0.3, -0.25) is 24.1 Å². The van der Waals surface area contributed by atoms with E-state index in [0.717, 1.165) is 32.1 Å². The molecule has 2 fully saturated rings. The average Bonchev–Trinajstić information content (AvgIpc) is 3.11. The molecule has 0 radical (unpaired) electrons. The number of hydroxylamine groups is 2. The molecule has 26 heavy (non-hydrogen) atoms. The molecule has 3 rings (SSSR count). The van der Waals surface area contributed by atoms with Gasteiger partial charge < -0.3 is 4.84 Å². The van der Waals surface area contributed by atoms with Crippen LogP contribution in [-0.2, 0) is 28.8 Å². The smallest absolute Gasteiger partial charge is 0.330 e. The Morgan fingerprint density at radius 1 is 0.962 bits per heavy atom. The van der Waals surface area contributed by atoms with Gasteiger partial charge in [-0.2, -0.15) is 0 Å². The SMILES string of the molecule is O=C(CCCC1CCC(N2C(=O)C=CC2=O)CC1)ON1C(=O)CCC1=O. The molecular weight excluding hydrogens is 340 g/mol. The average molecular weight is 362 g/mol. The summed E-state index contributed by atoms with van der Waals surface area (Å²) in [5.41, 5.74) is 0. The van der Waals surface area contributed by atoms with Crippen LogP contribution in [0.15, 0.2) is 12.2 Å². The standard InChI is InChI=1S/C18H22N2O6/c21-14-8-9-15(22)19(14)13-6-4-12(5-7-13)2-1-3-18(25)26-20-16(23)10-11-17(20)24/h8-9,12-13H,1-7,10-11H2. The van der Waals surface area contributed by atoms with Gasteiger partial charge in [0, 0.05) is 37.5 Å². The Hall–Kier alpha value is -2.51. The number of rotatable bonds is 6. The molecule has 0 aromatic heterocycles. The van der Waals surface area contributed by atoms with Crippen LogP contribution in [0.4, 0.5) is 0 Å². The Kier molecular flexibility index (Phi) is 5.49. The van der Waals surface area contributed by atoms with E-state index in [1.807, 2.05) is 0 Å². The van der Waals surface area contributed by atoms with Gasteiger partial charge in [-0.25, -0.2) is 4.79 Å². The van der Waals surface area contributed by atoms with Gasteiger partial charge in [-0.15, -0.1) is 5.06 Å². The van der Waals surface area contributed by atoms with Crippen molar-refractivity contribution in [3.05, 3.63) is 12.2 Å². The maximum Gasteiger partial charge on any atom is 0.333 e. The van der Waals surface area contributed by atoms with Crippen molar-refractivity contribution in [2.75, 3.05) is 0 Å². The summed E-state index contributed by atoms with van der Waals surface area (Å²) in [7, 11) is 0. The molecule has 140 valence electrons. The first-order valence-electron chi connectivity index (χ1n) is 9.07. The first-order valence-corrected chi connectivity index (χ1v) is 9.07. The van der Waals surface area contributed by atoms with Crippen LogP contribution in [-0.4, -0.2) is 45.6 Å². The third-order valence-corrected chi connectivity index (χ3v) is 5.22. The van der Waals surface area contributed by atoms with E-state index in [-0.39, 0.29) is 37.1 Å². The fourth-order valence-electron chi connectivity index (χ4n) is 3.80. The number of carbonyl (C=O) groups excluding carboxylic acids is 5. The molecule has 1 saturated heterocycles. The van der Waals surface area contributed by atoms with Crippen LogP contribution in [0.5, 0.6) is 0 Å². The van der Waals surface area contributed by atoms with E-state index in [1.165, 1.54) is 17.1 Å². The first kappa shape index (κ1) is 18.3. The summed E-state index contributed by atoms with van der Waals surface area (Å²) in [4.78, 5) is 64.2. The summed E-state index contributed by atoms with van der Waals surface area (Å²) in [6, 6.07) is -0.0293. The minimum atomic E-state index is -0.568. The molecule has 1 aliphatic carbocycles. The van der Waals surface area contributed by atoms with Crippen LogP contribution in [0, 0.1) is 5.92 Å². The first-order chi connectivity index (χ1) is 12.5. The van der Waals surface area contributed by atoms with E-state index in [0.29, 0.717) is 17.4 Å². The van der Waals surface area contributed by atoms with Crippen LogP contribution in [0.2, 0.25) is 0 Å². The van der Waals surface area contributed by atoms with Gasteiger partial charge >= 0.3 is 5.97 Å². The van der Waals surface area contributed by atoms with E-state index >= 15 is 0 Å². The van der Waals surface area contributed by atoms with Crippen molar-refractivity contribution in [1.82, 2.24) is 9.96 Å². The van der Waals surface area contributed by atoms with Crippen molar-refractivity contribution in [3.8, 4) is 0 Å². The highest BCUT2D eigenvalue weighted by molar-refractivity contribution is 6.13. The summed E-state index contributed by atoms with van der Waals surface area (Å²) in [6.45, 7) is 0. The third kappa shape index (κ3) is 4.00. The zero-order chi connectivity index (χ0) is 18.7. The molecule has 0 aromatic rings. The number of amides is 4. The van der Waals surface area contributed by atoms with E-state index in [1.54, 1.807) is 0 Å². The summed E-state index contributed by atoms with van der Waals surface area (Å²) in [5, 5.41) is 0.575. The van der Waals surface area contributed by atoms with Crippen LogP contribution in [0.3, 0.4) is 0 Å². The van der Waals surface area contributed by atoms with Crippen LogP contribution < -0.4 is 0 Å². The van der Waals surface area contributed by atoms with Crippen molar-refractivity contribution in [1.29, 1.82) is 0 Å². The number of nitrogens with zero attached hydrogens (tertiary/aromatic N) is 2. The fraction of sp³-hybridized carbons (Fsp3) is 0.611. The largest absolute Gasteiger partial charge is 0.333 e. The molecule has 0 bridgehead atoms. The molecule has 8 nitrogen and oxygen atoms in total. The Bertz CT molecular complexity index is 629. The summed E-state index contributed by atoms with van der Waals surface area (Å²) in [6.07, 6.45) is 7.79. The highest BCUT2D eigenvalue weighted by Gasteiger charge is 2.34. The molecule has 4 amide bonds. The van der Waals surface area contributed by atoms with Gasteiger partial charge in [0.25, 0.3) is 23.6 Å². The lowest BCUT2D eigenvalue weighted by atomic mass is 9.82. The summed E-state index contributed by atoms with van der Waals surface area (Å²) >= 11 is 0. The van der Waals surface area contributed by atoms with E-state index in [2.05, 4.69) is 0 Å². The Balaban J connectivity index is 1.34. The monoisotopic (exact) mass is 362 g/mol. The van der Waals surface area contributed by atoms with Crippen LogP contribution in [0.25, 0.3) is 0 Å². The molecule has 0 unspecified atom stereocenters. The molecular formula is C18H22N2O6. The molecule has 3 aliphatic rings. The lowest BCUT2D eigenvalue weighted by molar-refractivity contribution is -0.197. The van der Waals surface area contributed by atoms with Gasteiger partial charge in [0.2, 0.25) is 0 Å². The fourth-order valence-corrected chi connectivity index (χ4v) is 3.80. The normalized spacial score (nSPS) is 26.2. The number of carbonyl (C=O) groups is 5. The van der Waals surface area contributed by atoms with Gasteiger partial charge in [-0.05, 0) is 44.4 Å². The van der Waals surface area contributed by atoms with Crippen molar-refractivity contribution in [3.63, 3.8) is 0 Å². The maximum atomic E-state index is 11.8. The lowest BCUT2D eigenvalue weighted by Gasteiger charge is -2.33. The molecule has 1 saturated carbocycles. The number of hydrogen-bond acceptors (Lipinski definition) is 6. The molecule has 2 heterocycles. The van der Waals surface area contributed by atoms with Crippen LogP contribution in [0.1, 0.15) is 57.8 Å². The second-order valence-electron chi connectivity index (χ2n) is 6.99. The van der Waals surface area contributed by atoms with E-state index in [9.17, 15) is 24.0 Å². The Morgan fingerprint density at radius 2 is 1.54 bits per heavy atom. The quantitative estimate of drug-likeness (QED) is 0.659. The van der Waals surface area contributed by atoms with Crippen molar-refractivity contribution in [2.24, 2.45) is 5.92 Å². The van der Waals surface area contributed by atoms with Crippen molar-refractivity contribution in [2.45, 2.75) is 63.8 Å². The predicted octanol–water partition coefficient (Wildman–Crippen LogP) is 1.25. The molecule has 0 N–H and O–H groups in total. The topological polar surface area (TPSA) is 101 Å². The van der Waals surface area contributed by atoms with Crippen LogP contribution >= 0.6 is 0 Å². The second-order valence-corrected chi connectivity index (χ2v) is 6.99. The lowest BCUT2D eigenvalue weighted by Crippen LogP contribution is -2.42. The molecule has 0 aromatic carbocycles. The zero-order valence-corrected chi connectivity index (χ0v) is 14.5. The van der Waals surface area contributed by atoms with Gasteiger partial charge in [0.05, 0.1) is 0 Å². The maximum absolute atomic E-state index is 11.8. The van der Waals surface area contributed by atoms with Gasteiger partial charge in [0.1, 0.15) is 0 Å². The third-order valence-electron chi connectivity index (χ3n) is 5.22. The van der Waals surface area contributed by atoms with Gasteiger partial charge in [-0.1, -0.05) is 0 Å². The molecule has 2 aliphatic heterocycles. The summed E-state index contributed by atoms with van der Waals surface area (Å²) < 4.78 is 0. The second kappa shape index (κ2) is 7.80. The number of imide groups is 2. The minimum absolute atomic E-state index is 0.0293. The Morgan fingerprint density at radius 3 is 2.12 bits per heavy atom. The van der Waals surface area contributed by atoms with Gasteiger partial charge in [0.15, 0.2) is 0 Å². The highest BCUT2D eigenvalue weighted by atomic mass is 16.7. The van der Waals surface area contributed by atoms with E-state index in [4.69, 9.17) is 4.84 Å². The van der Waals surface area contributed by atoms with E-state index < -0.39 is 17.8 Å².